The van der Waals surface area contributed by atoms with E-state index in [9.17, 15) is 0 Å². The van der Waals surface area contributed by atoms with Crippen molar-refractivity contribution in [3.8, 4) is 5.75 Å². The number of ether oxygens (including phenoxy) is 1. The monoisotopic (exact) mass is 312 g/mol. The molecule has 102 valence electrons. The predicted molar refractivity (Wildman–Crippen MR) is 82.6 cm³/mol. The third kappa shape index (κ3) is 7.75. The van der Waals surface area contributed by atoms with E-state index in [4.69, 9.17) is 4.74 Å². The summed E-state index contributed by atoms with van der Waals surface area (Å²) < 4.78 is 5.68. The number of halogens is 1. The van der Waals surface area contributed by atoms with Crippen LogP contribution in [0.4, 0.5) is 0 Å². The fraction of sp³-hybridized carbons (Fsp3) is 0.625. The molecule has 1 unspecified atom stereocenters. The Morgan fingerprint density at radius 2 is 1.72 bits per heavy atom. The number of unbranched alkanes of at least 4 members (excludes halogenated alkanes) is 3. The maximum atomic E-state index is 5.68. The van der Waals surface area contributed by atoms with E-state index in [0.717, 1.165) is 18.8 Å². The molecule has 0 aromatic heterocycles. The molecular weight excluding hydrogens is 288 g/mol. The second kappa shape index (κ2) is 10.4. The van der Waals surface area contributed by atoms with Gasteiger partial charge in [-0.1, -0.05) is 66.7 Å². The molecule has 0 saturated heterocycles. The second-order valence-electron chi connectivity index (χ2n) is 4.75. The lowest BCUT2D eigenvalue weighted by Gasteiger charge is -2.10. The zero-order valence-electron chi connectivity index (χ0n) is 11.4. The van der Waals surface area contributed by atoms with Gasteiger partial charge in [-0.3, -0.25) is 0 Å². The molecule has 0 radical (unpaired) electrons. The third-order valence-electron chi connectivity index (χ3n) is 3.04. The number of para-hydroxylation sites is 1. The molecule has 0 bridgehead atoms. The Labute approximate surface area is 120 Å². The van der Waals surface area contributed by atoms with Crippen molar-refractivity contribution in [1.82, 2.24) is 0 Å². The minimum Gasteiger partial charge on any atom is -0.494 e. The molecule has 0 N–H and O–H groups in total. The van der Waals surface area contributed by atoms with Gasteiger partial charge in [0, 0.05) is 4.83 Å². The van der Waals surface area contributed by atoms with Gasteiger partial charge in [0.1, 0.15) is 5.75 Å². The van der Waals surface area contributed by atoms with Crippen molar-refractivity contribution in [2.24, 2.45) is 0 Å². The maximum Gasteiger partial charge on any atom is 0.119 e. The minimum atomic E-state index is 0.661. The van der Waals surface area contributed by atoms with Gasteiger partial charge in [-0.05, 0) is 31.4 Å². The SMILES string of the molecule is CCCCCCC(Br)CCCOc1ccccc1. The van der Waals surface area contributed by atoms with E-state index >= 15 is 0 Å². The molecule has 1 aromatic rings. The molecular formula is C16H25BrO. The number of hydrogen-bond donors (Lipinski definition) is 0. The lowest BCUT2D eigenvalue weighted by Crippen LogP contribution is -2.03. The first kappa shape index (κ1) is 15.6. The van der Waals surface area contributed by atoms with Crippen molar-refractivity contribution in [2.75, 3.05) is 6.61 Å². The molecule has 1 atom stereocenters. The third-order valence-corrected chi connectivity index (χ3v) is 3.96. The molecule has 1 rings (SSSR count). The molecule has 2 heteroatoms. The van der Waals surface area contributed by atoms with Gasteiger partial charge < -0.3 is 4.74 Å². The van der Waals surface area contributed by atoms with Crippen molar-refractivity contribution in [3.05, 3.63) is 30.3 Å². The Morgan fingerprint density at radius 3 is 2.44 bits per heavy atom. The van der Waals surface area contributed by atoms with Crippen molar-refractivity contribution in [2.45, 2.75) is 56.7 Å². The van der Waals surface area contributed by atoms with E-state index in [1.807, 2.05) is 30.3 Å². The first-order chi connectivity index (χ1) is 8.83. The molecule has 0 heterocycles. The molecule has 0 amide bonds. The highest BCUT2D eigenvalue weighted by atomic mass is 79.9. The van der Waals surface area contributed by atoms with Crippen LogP contribution in [0.15, 0.2) is 30.3 Å². The van der Waals surface area contributed by atoms with Crippen LogP contribution in [0.5, 0.6) is 5.75 Å². The highest BCUT2D eigenvalue weighted by Crippen LogP contribution is 2.17. The number of benzene rings is 1. The quantitative estimate of drug-likeness (QED) is 0.405. The first-order valence-electron chi connectivity index (χ1n) is 7.15. The van der Waals surface area contributed by atoms with Gasteiger partial charge >= 0.3 is 0 Å². The highest BCUT2D eigenvalue weighted by Gasteiger charge is 2.03. The molecule has 18 heavy (non-hydrogen) atoms. The van der Waals surface area contributed by atoms with Crippen LogP contribution in [0.25, 0.3) is 0 Å². The van der Waals surface area contributed by atoms with E-state index in [1.165, 1.54) is 38.5 Å². The van der Waals surface area contributed by atoms with Gasteiger partial charge in [-0.25, -0.2) is 0 Å². The number of alkyl halides is 1. The Kier molecular flexibility index (Phi) is 9.01. The lowest BCUT2D eigenvalue weighted by atomic mass is 10.1. The van der Waals surface area contributed by atoms with Crippen molar-refractivity contribution in [3.63, 3.8) is 0 Å². The maximum absolute atomic E-state index is 5.68. The van der Waals surface area contributed by atoms with Gasteiger partial charge in [-0.2, -0.15) is 0 Å². The Bertz CT molecular complexity index is 286. The highest BCUT2D eigenvalue weighted by molar-refractivity contribution is 9.09. The summed E-state index contributed by atoms with van der Waals surface area (Å²) in [5, 5.41) is 0. The van der Waals surface area contributed by atoms with Crippen LogP contribution in [0.3, 0.4) is 0 Å². The van der Waals surface area contributed by atoms with E-state index in [0.29, 0.717) is 4.83 Å². The van der Waals surface area contributed by atoms with Gasteiger partial charge in [0.25, 0.3) is 0 Å². The fourth-order valence-corrected chi connectivity index (χ4v) is 2.60. The summed E-state index contributed by atoms with van der Waals surface area (Å²) in [6.07, 6.45) is 9.04. The molecule has 1 aromatic carbocycles. The van der Waals surface area contributed by atoms with E-state index in [-0.39, 0.29) is 0 Å². The largest absolute Gasteiger partial charge is 0.494 e. The molecule has 0 aliphatic rings. The van der Waals surface area contributed by atoms with E-state index in [1.54, 1.807) is 0 Å². The first-order valence-corrected chi connectivity index (χ1v) is 8.06. The van der Waals surface area contributed by atoms with Crippen LogP contribution < -0.4 is 4.74 Å². The number of rotatable bonds is 10. The van der Waals surface area contributed by atoms with Gasteiger partial charge in [-0.15, -0.1) is 0 Å². The summed E-state index contributed by atoms with van der Waals surface area (Å²) in [6, 6.07) is 10.1. The van der Waals surface area contributed by atoms with Crippen LogP contribution in [-0.4, -0.2) is 11.4 Å². The Balaban J connectivity index is 1.97. The summed E-state index contributed by atoms with van der Waals surface area (Å²) in [6.45, 7) is 3.08. The topological polar surface area (TPSA) is 9.23 Å². The zero-order chi connectivity index (χ0) is 13.1. The zero-order valence-corrected chi connectivity index (χ0v) is 13.0. The van der Waals surface area contributed by atoms with Crippen LogP contribution >= 0.6 is 15.9 Å². The smallest absolute Gasteiger partial charge is 0.119 e. The fourth-order valence-electron chi connectivity index (χ4n) is 1.95. The van der Waals surface area contributed by atoms with E-state index in [2.05, 4.69) is 22.9 Å². The average molecular weight is 313 g/mol. The van der Waals surface area contributed by atoms with Crippen LogP contribution in [0, 0.1) is 0 Å². The molecule has 0 aliphatic carbocycles. The average Bonchev–Trinajstić information content (AvgIpc) is 2.41. The summed E-state index contributed by atoms with van der Waals surface area (Å²) in [5.74, 6) is 0.978. The standard InChI is InChI=1S/C16H25BrO/c1-2-3-4-6-10-15(17)11-9-14-18-16-12-7-5-8-13-16/h5,7-8,12-13,15H,2-4,6,9-11,14H2,1H3. The van der Waals surface area contributed by atoms with Gasteiger partial charge in [0.2, 0.25) is 0 Å². The minimum absolute atomic E-state index is 0.661. The van der Waals surface area contributed by atoms with Gasteiger partial charge in [0.05, 0.1) is 6.61 Å². The van der Waals surface area contributed by atoms with Crippen LogP contribution in [-0.2, 0) is 0 Å². The Hall–Kier alpha value is -0.500. The summed E-state index contributed by atoms with van der Waals surface area (Å²) in [7, 11) is 0. The van der Waals surface area contributed by atoms with Crippen molar-refractivity contribution in [1.29, 1.82) is 0 Å². The summed E-state index contributed by atoms with van der Waals surface area (Å²) in [4.78, 5) is 0.661. The second-order valence-corrected chi connectivity index (χ2v) is 6.05. The Morgan fingerprint density at radius 1 is 1.00 bits per heavy atom. The van der Waals surface area contributed by atoms with Crippen molar-refractivity contribution >= 4 is 15.9 Å². The molecule has 0 saturated carbocycles. The van der Waals surface area contributed by atoms with Crippen LogP contribution in [0.1, 0.15) is 51.9 Å². The molecule has 1 nitrogen and oxygen atoms in total. The van der Waals surface area contributed by atoms with Crippen LogP contribution in [0.2, 0.25) is 0 Å². The molecule has 0 spiro atoms. The normalized spacial score (nSPS) is 12.3. The molecule has 0 fully saturated rings. The number of hydrogen-bond acceptors (Lipinski definition) is 1. The van der Waals surface area contributed by atoms with Crippen molar-refractivity contribution < 1.29 is 4.74 Å². The van der Waals surface area contributed by atoms with Gasteiger partial charge in [0.15, 0.2) is 0 Å². The predicted octanol–water partition coefficient (Wildman–Crippen LogP) is 5.58. The molecule has 0 aliphatic heterocycles. The summed E-state index contributed by atoms with van der Waals surface area (Å²) in [5.41, 5.74) is 0. The van der Waals surface area contributed by atoms with E-state index < -0.39 is 0 Å². The lowest BCUT2D eigenvalue weighted by molar-refractivity contribution is 0.305. The summed E-state index contributed by atoms with van der Waals surface area (Å²) >= 11 is 3.76.